The summed E-state index contributed by atoms with van der Waals surface area (Å²) in [4.78, 5) is 11.5. The van der Waals surface area contributed by atoms with Gasteiger partial charge in [-0.25, -0.2) is 0 Å². The summed E-state index contributed by atoms with van der Waals surface area (Å²) >= 11 is 1.55. The number of benzene rings is 1. The Morgan fingerprint density at radius 2 is 2.00 bits per heavy atom. The van der Waals surface area contributed by atoms with E-state index in [0.29, 0.717) is 24.7 Å². The second-order valence-electron chi connectivity index (χ2n) is 6.34. The fourth-order valence-corrected chi connectivity index (χ4v) is 3.67. The Kier molecular flexibility index (Phi) is 5.79. The number of nitrogens with one attached hydrogen (secondary N) is 3. The maximum atomic E-state index is 5.64. The Hall–Kier alpha value is -2.56. The molecule has 2 aromatic heterocycles. The predicted molar refractivity (Wildman–Crippen MR) is 114 cm³/mol. The van der Waals surface area contributed by atoms with Crippen molar-refractivity contribution in [3.05, 3.63) is 24.3 Å². The summed E-state index contributed by atoms with van der Waals surface area (Å²) in [6.07, 6.45) is 1.98. The van der Waals surface area contributed by atoms with Gasteiger partial charge in [0.1, 0.15) is 10.8 Å². The number of nitrogens with two attached hydrogens (primary N) is 1. The van der Waals surface area contributed by atoms with Crippen molar-refractivity contribution >= 4 is 45.9 Å². The molecule has 1 aliphatic rings. The van der Waals surface area contributed by atoms with Crippen LogP contribution in [0.5, 0.6) is 0 Å². The topological polar surface area (TPSA) is 117 Å². The Labute approximate surface area is 167 Å². The van der Waals surface area contributed by atoms with Crippen LogP contribution in [0.25, 0.3) is 11.0 Å². The van der Waals surface area contributed by atoms with Gasteiger partial charge in [0.05, 0.1) is 18.6 Å². The van der Waals surface area contributed by atoms with Crippen molar-refractivity contribution in [2.75, 3.05) is 61.2 Å². The van der Waals surface area contributed by atoms with Crippen LogP contribution in [0.4, 0.5) is 23.1 Å². The van der Waals surface area contributed by atoms with E-state index in [2.05, 4.69) is 47.8 Å². The first-order chi connectivity index (χ1) is 13.8. The molecule has 10 heteroatoms. The van der Waals surface area contributed by atoms with Crippen molar-refractivity contribution in [1.29, 1.82) is 0 Å². The SMILES string of the molecule is CSc1n[nH]c2nc(Nc3ccc(N4CCOCC4)cc3)nc(NCCN)c12. The monoisotopic (exact) mass is 400 g/mol. The number of hydrogen-bond acceptors (Lipinski definition) is 9. The van der Waals surface area contributed by atoms with Crippen LogP contribution in [0.15, 0.2) is 29.3 Å². The summed E-state index contributed by atoms with van der Waals surface area (Å²) in [5.41, 5.74) is 8.44. The number of aromatic amines is 1. The Balaban J connectivity index is 1.57. The molecule has 28 heavy (non-hydrogen) atoms. The quantitative estimate of drug-likeness (QED) is 0.442. The Bertz CT molecular complexity index is 923. The molecular weight excluding hydrogens is 376 g/mol. The van der Waals surface area contributed by atoms with E-state index in [-0.39, 0.29) is 0 Å². The van der Waals surface area contributed by atoms with Gasteiger partial charge >= 0.3 is 0 Å². The van der Waals surface area contributed by atoms with Crippen molar-refractivity contribution in [3.63, 3.8) is 0 Å². The molecule has 0 radical (unpaired) electrons. The molecule has 1 fully saturated rings. The van der Waals surface area contributed by atoms with Gasteiger partial charge in [-0.15, -0.1) is 11.8 Å². The number of hydrogen-bond donors (Lipinski definition) is 4. The number of rotatable bonds is 7. The van der Waals surface area contributed by atoms with Gasteiger partial charge in [0.15, 0.2) is 5.65 Å². The molecule has 0 aliphatic carbocycles. The van der Waals surface area contributed by atoms with E-state index in [1.807, 2.05) is 18.4 Å². The fraction of sp³-hybridized carbons (Fsp3) is 0.389. The number of aromatic nitrogens is 4. The lowest BCUT2D eigenvalue weighted by Crippen LogP contribution is -2.36. The number of ether oxygens (including phenoxy) is 1. The molecule has 0 saturated carbocycles. The number of anilines is 4. The molecule has 148 valence electrons. The molecule has 1 saturated heterocycles. The van der Waals surface area contributed by atoms with Crippen molar-refractivity contribution < 1.29 is 4.74 Å². The summed E-state index contributed by atoms with van der Waals surface area (Å²) in [6, 6.07) is 8.26. The highest BCUT2D eigenvalue weighted by Gasteiger charge is 2.15. The van der Waals surface area contributed by atoms with Gasteiger partial charge < -0.3 is 26.0 Å². The van der Waals surface area contributed by atoms with E-state index in [1.54, 1.807) is 11.8 Å². The van der Waals surface area contributed by atoms with Crippen LogP contribution in [0, 0.1) is 0 Å². The highest BCUT2D eigenvalue weighted by Crippen LogP contribution is 2.30. The molecule has 3 aromatic rings. The van der Waals surface area contributed by atoms with E-state index >= 15 is 0 Å². The van der Waals surface area contributed by atoms with Crippen LogP contribution >= 0.6 is 11.8 Å². The van der Waals surface area contributed by atoms with Gasteiger partial charge in [-0.1, -0.05) is 0 Å². The average Bonchev–Trinajstić information content (AvgIpc) is 3.16. The molecule has 3 heterocycles. The third kappa shape index (κ3) is 3.98. The number of thioether (sulfide) groups is 1. The molecular formula is C18H24N8OS. The summed E-state index contributed by atoms with van der Waals surface area (Å²) in [5, 5.41) is 15.6. The van der Waals surface area contributed by atoms with E-state index < -0.39 is 0 Å². The van der Waals surface area contributed by atoms with Gasteiger partial charge in [-0.2, -0.15) is 15.1 Å². The third-order valence-electron chi connectivity index (χ3n) is 4.52. The first kappa shape index (κ1) is 18.8. The van der Waals surface area contributed by atoms with Crippen LogP contribution in [0.1, 0.15) is 0 Å². The zero-order chi connectivity index (χ0) is 19.3. The van der Waals surface area contributed by atoms with Crippen molar-refractivity contribution in [1.82, 2.24) is 20.2 Å². The summed E-state index contributed by atoms with van der Waals surface area (Å²) < 4.78 is 5.41. The van der Waals surface area contributed by atoms with Crippen molar-refractivity contribution in [3.8, 4) is 0 Å². The number of H-pyrrole nitrogens is 1. The first-order valence-corrected chi connectivity index (χ1v) is 10.4. The minimum Gasteiger partial charge on any atom is -0.378 e. The minimum atomic E-state index is 0.502. The first-order valence-electron chi connectivity index (χ1n) is 9.22. The highest BCUT2D eigenvalue weighted by molar-refractivity contribution is 7.98. The highest BCUT2D eigenvalue weighted by atomic mass is 32.2. The summed E-state index contributed by atoms with van der Waals surface area (Å²) in [7, 11) is 0. The van der Waals surface area contributed by atoms with Gasteiger partial charge in [-0.05, 0) is 30.5 Å². The van der Waals surface area contributed by atoms with E-state index in [1.165, 1.54) is 5.69 Å². The average molecular weight is 401 g/mol. The molecule has 4 rings (SSSR count). The van der Waals surface area contributed by atoms with Crippen LogP contribution in [0.3, 0.4) is 0 Å². The number of fused-ring (bicyclic) bond motifs is 1. The molecule has 0 bridgehead atoms. The van der Waals surface area contributed by atoms with Crippen LogP contribution < -0.4 is 21.3 Å². The van der Waals surface area contributed by atoms with Crippen molar-refractivity contribution in [2.45, 2.75) is 5.03 Å². The predicted octanol–water partition coefficient (Wildman–Crippen LogP) is 2.03. The van der Waals surface area contributed by atoms with E-state index in [9.17, 15) is 0 Å². The summed E-state index contributed by atoms with van der Waals surface area (Å²) in [6.45, 7) is 4.52. The van der Waals surface area contributed by atoms with Gasteiger partial charge in [0, 0.05) is 37.6 Å². The lowest BCUT2D eigenvalue weighted by Gasteiger charge is -2.28. The van der Waals surface area contributed by atoms with Crippen LogP contribution in [-0.4, -0.2) is 65.8 Å². The lowest BCUT2D eigenvalue weighted by molar-refractivity contribution is 0.122. The van der Waals surface area contributed by atoms with Gasteiger partial charge in [0.25, 0.3) is 0 Å². The third-order valence-corrected chi connectivity index (χ3v) is 5.20. The molecule has 1 aliphatic heterocycles. The smallest absolute Gasteiger partial charge is 0.231 e. The number of nitrogens with zero attached hydrogens (tertiary/aromatic N) is 4. The molecule has 0 atom stereocenters. The zero-order valence-corrected chi connectivity index (χ0v) is 16.6. The van der Waals surface area contributed by atoms with Gasteiger partial charge in [0.2, 0.25) is 5.95 Å². The summed E-state index contributed by atoms with van der Waals surface area (Å²) in [5.74, 6) is 1.23. The molecule has 0 amide bonds. The van der Waals surface area contributed by atoms with Crippen LogP contribution in [0.2, 0.25) is 0 Å². The second kappa shape index (κ2) is 8.63. The maximum absolute atomic E-state index is 5.64. The molecule has 9 nitrogen and oxygen atoms in total. The Morgan fingerprint density at radius 3 is 2.71 bits per heavy atom. The molecule has 0 spiro atoms. The van der Waals surface area contributed by atoms with Gasteiger partial charge in [-0.3, -0.25) is 5.10 Å². The Morgan fingerprint density at radius 1 is 1.21 bits per heavy atom. The number of morpholine rings is 1. The van der Waals surface area contributed by atoms with E-state index in [0.717, 1.165) is 48.2 Å². The fourth-order valence-electron chi connectivity index (χ4n) is 3.13. The van der Waals surface area contributed by atoms with E-state index in [4.69, 9.17) is 10.5 Å². The lowest BCUT2D eigenvalue weighted by atomic mass is 10.2. The standard InChI is InChI=1S/C18H24N8OS/c1-28-17-14-15(20-7-6-19)22-18(23-16(14)24-25-17)21-12-2-4-13(5-3-12)26-8-10-27-11-9-26/h2-5H,6-11,19H2,1H3,(H3,20,21,22,23,24,25). The van der Waals surface area contributed by atoms with Crippen molar-refractivity contribution in [2.24, 2.45) is 5.73 Å². The van der Waals surface area contributed by atoms with Crippen LogP contribution in [-0.2, 0) is 4.74 Å². The molecule has 1 aromatic carbocycles. The normalized spacial score (nSPS) is 14.4. The zero-order valence-electron chi connectivity index (χ0n) is 15.7. The largest absolute Gasteiger partial charge is 0.378 e. The maximum Gasteiger partial charge on any atom is 0.231 e. The molecule has 5 N–H and O–H groups in total. The second-order valence-corrected chi connectivity index (χ2v) is 7.13. The minimum absolute atomic E-state index is 0.502. The molecule has 0 unspecified atom stereocenters.